The highest BCUT2D eigenvalue weighted by molar-refractivity contribution is 7.80. The largest absolute Gasteiger partial charge is 0.480 e. The Bertz CT molecular complexity index is 788. The standard InChI is InChI=1S/C21H36N6O5S/c1-5-12(4)17(20(30)26-16(9-33)21(31)32)27-19(29)15(7-13-8-23-10-24-13)25-18(28)14(22)6-11(2)3/h8,10-12,14-17,33H,5-7,9,22H2,1-4H3,(H,23,24)(H,25,28)(H,26,30)(H,27,29)(H,31,32). The van der Waals surface area contributed by atoms with Crippen LogP contribution in [0.4, 0.5) is 0 Å². The minimum Gasteiger partial charge on any atom is -0.480 e. The van der Waals surface area contributed by atoms with Crippen LogP contribution in [0.3, 0.4) is 0 Å². The number of thiol groups is 1. The number of carboxylic acid groups (broad SMARTS) is 1. The van der Waals surface area contributed by atoms with Crippen molar-refractivity contribution in [3.05, 3.63) is 18.2 Å². The summed E-state index contributed by atoms with van der Waals surface area (Å²) in [5, 5.41) is 17.0. The van der Waals surface area contributed by atoms with Gasteiger partial charge in [0.1, 0.15) is 18.1 Å². The number of aromatic nitrogens is 2. The fourth-order valence-electron chi connectivity index (χ4n) is 3.12. The predicted molar refractivity (Wildman–Crippen MR) is 126 cm³/mol. The Balaban J connectivity index is 3.04. The number of rotatable bonds is 14. The molecule has 1 aromatic heterocycles. The molecule has 0 bridgehead atoms. The van der Waals surface area contributed by atoms with E-state index in [0.29, 0.717) is 18.5 Å². The van der Waals surface area contributed by atoms with Crippen molar-refractivity contribution >= 4 is 36.3 Å². The molecular weight excluding hydrogens is 448 g/mol. The van der Waals surface area contributed by atoms with Gasteiger partial charge in [0.15, 0.2) is 0 Å². The summed E-state index contributed by atoms with van der Waals surface area (Å²) in [6, 6.07) is -4.01. The van der Waals surface area contributed by atoms with Gasteiger partial charge in [-0.25, -0.2) is 9.78 Å². The van der Waals surface area contributed by atoms with E-state index in [-0.39, 0.29) is 24.0 Å². The molecule has 0 aliphatic heterocycles. The number of nitrogens with zero attached hydrogens (tertiary/aromatic N) is 1. The molecule has 186 valence electrons. The molecule has 0 aliphatic rings. The number of aliphatic carboxylic acids is 1. The second kappa shape index (κ2) is 13.8. The number of hydrogen-bond donors (Lipinski definition) is 7. The first-order valence-corrected chi connectivity index (χ1v) is 11.6. The molecular formula is C21H36N6O5S. The first kappa shape index (κ1) is 28.4. The van der Waals surface area contributed by atoms with Gasteiger partial charge in [-0.3, -0.25) is 14.4 Å². The van der Waals surface area contributed by atoms with Crippen molar-refractivity contribution in [2.24, 2.45) is 17.6 Å². The summed E-state index contributed by atoms with van der Waals surface area (Å²) in [6.45, 7) is 7.49. The second-order valence-corrected chi connectivity index (χ2v) is 8.90. The van der Waals surface area contributed by atoms with Gasteiger partial charge in [0, 0.05) is 24.1 Å². The number of nitrogens with one attached hydrogen (secondary N) is 4. The van der Waals surface area contributed by atoms with E-state index in [4.69, 9.17) is 5.73 Å². The smallest absolute Gasteiger partial charge is 0.327 e. The minimum absolute atomic E-state index is 0.103. The maximum Gasteiger partial charge on any atom is 0.327 e. The molecule has 33 heavy (non-hydrogen) atoms. The zero-order valence-electron chi connectivity index (χ0n) is 19.5. The molecule has 7 N–H and O–H groups in total. The average molecular weight is 485 g/mol. The molecule has 5 atom stereocenters. The monoisotopic (exact) mass is 484 g/mol. The van der Waals surface area contributed by atoms with E-state index in [1.807, 2.05) is 20.8 Å². The molecule has 1 heterocycles. The number of imidazole rings is 1. The normalized spacial score (nSPS) is 15.7. The predicted octanol–water partition coefficient (Wildman–Crippen LogP) is -0.159. The lowest BCUT2D eigenvalue weighted by molar-refractivity contribution is -0.142. The molecule has 0 aliphatic carbocycles. The molecule has 1 aromatic rings. The van der Waals surface area contributed by atoms with E-state index >= 15 is 0 Å². The lowest BCUT2D eigenvalue weighted by Crippen LogP contribution is -2.59. The van der Waals surface area contributed by atoms with Gasteiger partial charge >= 0.3 is 5.97 Å². The van der Waals surface area contributed by atoms with Gasteiger partial charge in [-0.05, 0) is 18.3 Å². The van der Waals surface area contributed by atoms with Gasteiger partial charge in [0.25, 0.3) is 0 Å². The summed E-state index contributed by atoms with van der Waals surface area (Å²) < 4.78 is 0. The maximum absolute atomic E-state index is 13.2. The van der Waals surface area contributed by atoms with E-state index < -0.39 is 47.9 Å². The Morgan fingerprint density at radius 3 is 2.21 bits per heavy atom. The Labute approximate surface area is 199 Å². The molecule has 1 rings (SSSR count). The van der Waals surface area contributed by atoms with Crippen LogP contribution in [0.1, 0.15) is 46.2 Å². The molecule has 12 heteroatoms. The quantitative estimate of drug-likeness (QED) is 0.179. The van der Waals surface area contributed by atoms with Crippen LogP contribution in [0.5, 0.6) is 0 Å². The molecule has 0 fully saturated rings. The Hall–Kier alpha value is -2.60. The fraction of sp³-hybridized carbons (Fsp3) is 0.667. The zero-order valence-corrected chi connectivity index (χ0v) is 20.4. The first-order chi connectivity index (χ1) is 15.5. The van der Waals surface area contributed by atoms with Crippen LogP contribution in [0, 0.1) is 11.8 Å². The third-order valence-corrected chi connectivity index (χ3v) is 5.63. The molecule has 0 saturated carbocycles. The SMILES string of the molecule is CCC(C)C(NC(=O)C(Cc1cnc[nH]1)NC(=O)C(N)CC(C)C)C(=O)NC(CS)C(=O)O. The summed E-state index contributed by atoms with van der Waals surface area (Å²) in [4.78, 5) is 56.6. The van der Waals surface area contributed by atoms with Crippen molar-refractivity contribution in [1.29, 1.82) is 0 Å². The van der Waals surface area contributed by atoms with Crippen LogP contribution >= 0.6 is 12.6 Å². The van der Waals surface area contributed by atoms with Crippen molar-refractivity contribution in [3.63, 3.8) is 0 Å². The van der Waals surface area contributed by atoms with Gasteiger partial charge < -0.3 is 31.8 Å². The lowest BCUT2D eigenvalue weighted by atomic mass is 9.97. The molecule has 11 nitrogen and oxygen atoms in total. The van der Waals surface area contributed by atoms with Crippen LogP contribution in [-0.2, 0) is 25.6 Å². The third kappa shape index (κ3) is 9.42. The topological polar surface area (TPSA) is 179 Å². The fourth-order valence-corrected chi connectivity index (χ4v) is 3.37. The number of aromatic amines is 1. The van der Waals surface area contributed by atoms with Gasteiger partial charge in [-0.1, -0.05) is 34.1 Å². The van der Waals surface area contributed by atoms with Crippen LogP contribution in [0.2, 0.25) is 0 Å². The number of amides is 3. The lowest BCUT2D eigenvalue weighted by Gasteiger charge is -2.28. The van der Waals surface area contributed by atoms with E-state index in [1.165, 1.54) is 12.5 Å². The molecule has 5 unspecified atom stereocenters. The number of carbonyl (C=O) groups is 4. The Kier molecular flexibility index (Phi) is 11.9. The van der Waals surface area contributed by atoms with E-state index in [1.54, 1.807) is 6.92 Å². The van der Waals surface area contributed by atoms with Crippen LogP contribution in [-0.4, -0.2) is 68.7 Å². The minimum atomic E-state index is -1.23. The number of carboxylic acids is 1. The van der Waals surface area contributed by atoms with Gasteiger partial charge in [-0.15, -0.1) is 0 Å². The van der Waals surface area contributed by atoms with Crippen LogP contribution < -0.4 is 21.7 Å². The third-order valence-electron chi connectivity index (χ3n) is 5.26. The number of carbonyl (C=O) groups excluding carboxylic acids is 3. The second-order valence-electron chi connectivity index (χ2n) is 8.53. The van der Waals surface area contributed by atoms with Crippen LogP contribution in [0.15, 0.2) is 12.5 Å². The summed E-state index contributed by atoms with van der Waals surface area (Å²) >= 11 is 3.95. The Morgan fingerprint density at radius 1 is 1.09 bits per heavy atom. The number of nitrogens with two attached hydrogens (primary N) is 1. The molecule has 0 saturated heterocycles. The van der Waals surface area contributed by atoms with Crippen molar-refractivity contribution in [2.75, 3.05) is 5.75 Å². The van der Waals surface area contributed by atoms with Gasteiger partial charge in [-0.2, -0.15) is 12.6 Å². The van der Waals surface area contributed by atoms with E-state index in [0.717, 1.165) is 0 Å². The maximum atomic E-state index is 13.2. The molecule has 3 amide bonds. The highest BCUT2D eigenvalue weighted by Gasteiger charge is 2.32. The summed E-state index contributed by atoms with van der Waals surface area (Å²) in [6.07, 6.45) is 4.09. The number of H-pyrrole nitrogens is 1. The van der Waals surface area contributed by atoms with Crippen molar-refractivity contribution in [1.82, 2.24) is 25.9 Å². The average Bonchev–Trinajstić information content (AvgIpc) is 3.26. The zero-order chi connectivity index (χ0) is 25.1. The van der Waals surface area contributed by atoms with Gasteiger partial charge in [0.2, 0.25) is 17.7 Å². The molecule has 0 aromatic carbocycles. The van der Waals surface area contributed by atoms with E-state index in [2.05, 4.69) is 38.5 Å². The molecule has 0 radical (unpaired) electrons. The van der Waals surface area contributed by atoms with Gasteiger partial charge in [0.05, 0.1) is 12.4 Å². The number of hydrogen-bond acceptors (Lipinski definition) is 7. The highest BCUT2D eigenvalue weighted by Crippen LogP contribution is 2.11. The summed E-state index contributed by atoms with van der Waals surface area (Å²) in [5.74, 6) is -3.14. The van der Waals surface area contributed by atoms with Crippen molar-refractivity contribution in [2.45, 2.75) is 71.1 Å². The summed E-state index contributed by atoms with van der Waals surface area (Å²) in [7, 11) is 0. The van der Waals surface area contributed by atoms with Crippen molar-refractivity contribution in [3.8, 4) is 0 Å². The Morgan fingerprint density at radius 2 is 1.73 bits per heavy atom. The summed E-state index contributed by atoms with van der Waals surface area (Å²) in [5.41, 5.74) is 6.58. The van der Waals surface area contributed by atoms with Crippen molar-refractivity contribution < 1.29 is 24.3 Å². The molecule has 0 spiro atoms. The first-order valence-electron chi connectivity index (χ1n) is 11.0. The van der Waals surface area contributed by atoms with Crippen LogP contribution in [0.25, 0.3) is 0 Å². The van der Waals surface area contributed by atoms with E-state index in [9.17, 15) is 24.3 Å². The highest BCUT2D eigenvalue weighted by atomic mass is 32.1.